The first kappa shape index (κ1) is 15.5. The molecule has 6 heteroatoms. The molecule has 0 aliphatic carbocycles. The van der Waals surface area contributed by atoms with Crippen LogP contribution in [0.3, 0.4) is 0 Å². The molecule has 26 heavy (non-hydrogen) atoms. The molecule has 3 aromatic carbocycles. The Morgan fingerprint density at radius 1 is 0.885 bits per heavy atom. The second-order valence-corrected chi connectivity index (χ2v) is 5.64. The number of para-hydroxylation sites is 2. The number of anilines is 1. The van der Waals surface area contributed by atoms with Gasteiger partial charge in [-0.3, -0.25) is 4.79 Å². The minimum atomic E-state index is -0.265. The summed E-state index contributed by atoms with van der Waals surface area (Å²) < 4.78 is 0. The van der Waals surface area contributed by atoms with Crippen LogP contribution in [0.15, 0.2) is 72.8 Å². The lowest BCUT2D eigenvalue weighted by molar-refractivity contribution is 0.102. The van der Waals surface area contributed by atoms with Crippen LogP contribution in [0.4, 0.5) is 5.69 Å². The Kier molecular flexibility index (Phi) is 3.88. The van der Waals surface area contributed by atoms with Gasteiger partial charge in [0.05, 0.1) is 17.3 Å². The third-order valence-corrected chi connectivity index (χ3v) is 3.93. The van der Waals surface area contributed by atoms with Crippen molar-refractivity contribution >= 4 is 22.6 Å². The summed E-state index contributed by atoms with van der Waals surface area (Å²) in [6, 6.07) is 23.4. The Balaban J connectivity index is 1.67. The van der Waals surface area contributed by atoms with E-state index in [2.05, 4.69) is 15.5 Å². The van der Waals surface area contributed by atoms with Crippen LogP contribution in [0, 0.1) is 11.3 Å². The standard InChI is InChI=1S/C20H13N5O/c21-13-14-9-11-15(12-10-14)20(26)22-18-7-3-4-8-19(18)25-23-16-5-1-2-6-17(16)24-25/h1-12H,(H,22,26). The van der Waals surface area contributed by atoms with E-state index in [4.69, 9.17) is 5.26 Å². The van der Waals surface area contributed by atoms with Crippen LogP contribution in [0.2, 0.25) is 0 Å². The van der Waals surface area contributed by atoms with Crippen molar-refractivity contribution in [1.29, 1.82) is 5.26 Å². The van der Waals surface area contributed by atoms with Crippen molar-refractivity contribution < 1.29 is 4.79 Å². The van der Waals surface area contributed by atoms with E-state index in [0.29, 0.717) is 22.5 Å². The van der Waals surface area contributed by atoms with Gasteiger partial charge in [-0.1, -0.05) is 24.3 Å². The van der Waals surface area contributed by atoms with Gasteiger partial charge in [-0.2, -0.15) is 5.26 Å². The van der Waals surface area contributed by atoms with Crippen LogP contribution in [-0.4, -0.2) is 20.9 Å². The number of aromatic nitrogens is 3. The maximum Gasteiger partial charge on any atom is 0.255 e. The number of nitrogens with zero attached hydrogens (tertiary/aromatic N) is 4. The van der Waals surface area contributed by atoms with Crippen LogP contribution in [0.5, 0.6) is 0 Å². The molecule has 0 aliphatic heterocycles. The van der Waals surface area contributed by atoms with Crippen molar-refractivity contribution in [3.63, 3.8) is 0 Å². The first-order chi connectivity index (χ1) is 12.7. The fraction of sp³-hybridized carbons (Fsp3) is 0. The van der Waals surface area contributed by atoms with Gasteiger partial charge in [0, 0.05) is 5.56 Å². The second kappa shape index (κ2) is 6.49. The topological polar surface area (TPSA) is 83.6 Å². The van der Waals surface area contributed by atoms with Crippen LogP contribution in [0.1, 0.15) is 15.9 Å². The molecule has 4 aromatic rings. The summed E-state index contributed by atoms with van der Waals surface area (Å²) in [7, 11) is 0. The smallest absolute Gasteiger partial charge is 0.255 e. The zero-order valence-corrected chi connectivity index (χ0v) is 13.6. The van der Waals surface area contributed by atoms with Gasteiger partial charge in [0.2, 0.25) is 0 Å². The van der Waals surface area contributed by atoms with Crippen molar-refractivity contribution in [3.05, 3.63) is 83.9 Å². The fourth-order valence-corrected chi connectivity index (χ4v) is 2.61. The maximum atomic E-state index is 12.5. The highest BCUT2D eigenvalue weighted by atomic mass is 16.1. The lowest BCUT2D eigenvalue weighted by atomic mass is 10.1. The summed E-state index contributed by atoms with van der Waals surface area (Å²) >= 11 is 0. The van der Waals surface area contributed by atoms with E-state index in [1.54, 1.807) is 30.3 Å². The zero-order chi connectivity index (χ0) is 17.9. The van der Waals surface area contributed by atoms with Crippen molar-refractivity contribution in [2.75, 3.05) is 5.32 Å². The second-order valence-electron chi connectivity index (χ2n) is 5.64. The highest BCUT2D eigenvalue weighted by Gasteiger charge is 2.12. The van der Waals surface area contributed by atoms with Crippen LogP contribution < -0.4 is 5.32 Å². The van der Waals surface area contributed by atoms with Crippen molar-refractivity contribution in [2.45, 2.75) is 0 Å². The molecule has 0 saturated carbocycles. The number of carbonyl (C=O) groups is 1. The molecule has 0 bridgehead atoms. The summed E-state index contributed by atoms with van der Waals surface area (Å²) in [6.45, 7) is 0. The third kappa shape index (κ3) is 2.89. The summed E-state index contributed by atoms with van der Waals surface area (Å²) in [5.41, 5.74) is 3.81. The Bertz CT molecular complexity index is 1110. The lowest BCUT2D eigenvalue weighted by Crippen LogP contribution is -2.14. The minimum Gasteiger partial charge on any atom is -0.320 e. The van der Waals surface area contributed by atoms with Gasteiger partial charge in [-0.05, 0) is 48.5 Å². The van der Waals surface area contributed by atoms with Gasteiger partial charge in [0.1, 0.15) is 16.7 Å². The molecule has 0 saturated heterocycles. The highest BCUT2D eigenvalue weighted by molar-refractivity contribution is 6.05. The van der Waals surface area contributed by atoms with Gasteiger partial charge in [-0.25, -0.2) is 0 Å². The number of amides is 1. The Labute approximate surface area is 149 Å². The number of hydrogen-bond donors (Lipinski definition) is 1. The van der Waals surface area contributed by atoms with Crippen molar-refractivity contribution in [1.82, 2.24) is 15.0 Å². The zero-order valence-electron chi connectivity index (χ0n) is 13.6. The molecule has 1 aromatic heterocycles. The van der Waals surface area contributed by atoms with Crippen molar-refractivity contribution in [2.24, 2.45) is 0 Å². The number of fused-ring (bicyclic) bond motifs is 1. The molecule has 1 N–H and O–H groups in total. The van der Waals surface area contributed by atoms with Gasteiger partial charge in [0.25, 0.3) is 5.91 Å². The molecule has 4 rings (SSSR count). The van der Waals surface area contributed by atoms with Gasteiger partial charge >= 0.3 is 0 Å². The molecule has 0 aliphatic rings. The monoisotopic (exact) mass is 339 g/mol. The maximum absolute atomic E-state index is 12.5. The molecule has 1 amide bonds. The molecule has 6 nitrogen and oxygen atoms in total. The van der Waals surface area contributed by atoms with Crippen LogP contribution in [-0.2, 0) is 0 Å². The number of hydrogen-bond acceptors (Lipinski definition) is 4. The van der Waals surface area contributed by atoms with E-state index in [9.17, 15) is 4.79 Å². The fourth-order valence-electron chi connectivity index (χ4n) is 2.61. The van der Waals surface area contributed by atoms with Gasteiger partial charge < -0.3 is 5.32 Å². The molecule has 0 fully saturated rings. The van der Waals surface area contributed by atoms with E-state index in [0.717, 1.165) is 11.0 Å². The van der Waals surface area contributed by atoms with Crippen molar-refractivity contribution in [3.8, 4) is 11.8 Å². The lowest BCUT2D eigenvalue weighted by Gasteiger charge is -2.10. The summed E-state index contributed by atoms with van der Waals surface area (Å²) in [4.78, 5) is 14.0. The SMILES string of the molecule is N#Cc1ccc(C(=O)Nc2ccccc2-n2nc3ccccc3n2)cc1. The van der Waals surface area contributed by atoms with Crippen LogP contribution in [0.25, 0.3) is 16.7 Å². The van der Waals surface area contributed by atoms with Crippen LogP contribution >= 0.6 is 0 Å². The predicted octanol–water partition coefficient (Wildman–Crippen LogP) is 3.54. The first-order valence-electron chi connectivity index (χ1n) is 7.97. The van der Waals surface area contributed by atoms with E-state index in [1.165, 1.54) is 4.80 Å². The third-order valence-electron chi connectivity index (χ3n) is 3.93. The first-order valence-corrected chi connectivity index (χ1v) is 7.97. The number of nitriles is 1. The quantitative estimate of drug-likeness (QED) is 0.619. The van der Waals surface area contributed by atoms with Gasteiger partial charge in [0.15, 0.2) is 0 Å². The molecule has 0 radical (unpaired) electrons. The van der Waals surface area contributed by atoms with E-state index in [1.807, 2.05) is 48.5 Å². The predicted molar refractivity (Wildman–Crippen MR) is 98.0 cm³/mol. The molecule has 1 heterocycles. The van der Waals surface area contributed by atoms with E-state index >= 15 is 0 Å². The average Bonchev–Trinajstić information content (AvgIpc) is 3.12. The summed E-state index contributed by atoms with van der Waals surface area (Å²) in [6.07, 6.45) is 0. The molecule has 0 unspecified atom stereocenters. The number of benzene rings is 3. The Morgan fingerprint density at radius 3 is 2.15 bits per heavy atom. The average molecular weight is 339 g/mol. The number of nitrogens with one attached hydrogen (secondary N) is 1. The minimum absolute atomic E-state index is 0.265. The molecular formula is C20H13N5O. The summed E-state index contributed by atoms with van der Waals surface area (Å²) in [5.74, 6) is -0.265. The molecule has 0 spiro atoms. The number of rotatable bonds is 3. The van der Waals surface area contributed by atoms with E-state index in [-0.39, 0.29) is 5.91 Å². The van der Waals surface area contributed by atoms with Gasteiger partial charge in [-0.15, -0.1) is 15.0 Å². The Hall–Kier alpha value is -3.98. The van der Waals surface area contributed by atoms with E-state index < -0.39 is 0 Å². The molecular weight excluding hydrogens is 326 g/mol. The largest absolute Gasteiger partial charge is 0.320 e. The molecule has 124 valence electrons. The number of carbonyl (C=O) groups excluding carboxylic acids is 1. The normalized spacial score (nSPS) is 10.4. The summed E-state index contributed by atoms with van der Waals surface area (Å²) in [5, 5.41) is 20.7. The Morgan fingerprint density at radius 2 is 1.50 bits per heavy atom. The highest BCUT2D eigenvalue weighted by Crippen LogP contribution is 2.21. The molecule has 0 atom stereocenters.